The number of nitrogens with one attached hydrogen (secondary N) is 1. The molecule has 6 nitrogen and oxygen atoms in total. The first kappa shape index (κ1) is 18.2. The van der Waals surface area contributed by atoms with Gasteiger partial charge in [-0.3, -0.25) is 0 Å². The van der Waals surface area contributed by atoms with Crippen molar-refractivity contribution in [2.75, 3.05) is 25.0 Å². The molecule has 1 N–H and O–H groups in total. The van der Waals surface area contributed by atoms with Crippen molar-refractivity contribution in [2.45, 2.75) is 33.3 Å². The average molecular weight is 355 g/mol. The molecule has 26 heavy (non-hydrogen) atoms. The van der Waals surface area contributed by atoms with E-state index in [1.165, 1.54) is 11.1 Å². The van der Waals surface area contributed by atoms with Crippen LogP contribution in [0.1, 0.15) is 25.0 Å². The van der Waals surface area contributed by atoms with Crippen LogP contribution in [-0.2, 0) is 4.74 Å². The summed E-state index contributed by atoms with van der Waals surface area (Å²) in [7, 11) is 0. The Balaban J connectivity index is 1.60. The minimum atomic E-state index is -0.322. The van der Waals surface area contributed by atoms with Crippen LogP contribution in [0.5, 0.6) is 11.6 Å². The highest BCUT2D eigenvalue weighted by Crippen LogP contribution is 2.23. The van der Waals surface area contributed by atoms with E-state index >= 15 is 0 Å². The quantitative estimate of drug-likeness (QED) is 0.899. The van der Waals surface area contributed by atoms with Gasteiger partial charge in [-0.1, -0.05) is 6.07 Å². The van der Waals surface area contributed by atoms with E-state index in [1.807, 2.05) is 39.0 Å². The van der Waals surface area contributed by atoms with Crippen molar-refractivity contribution < 1.29 is 14.3 Å². The van der Waals surface area contributed by atoms with E-state index in [2.05, 4.69) is 17.2 Å². The van der Waals surface area contributed by atoms with Crippen LogP contribution in [0.15, 0.2) is 36.5 Å². The molecule has 6 heteroatoms. The predicted octanol–water partition coefficient (Wildman–Crippen LogP) is 4.13. The molecule has 2 aromatic rings. The van der Waals surface area contributed by atoms with Crippen molar-refractivity contribution in [1.82, 2.24) is 9.88 Å². The molecular weight excluding hydrogens is 330 g/mol. The Bertz CT molecular complexity index is 787. The van der Waals surface area contributed by atoms with Crippen LogP contribution in [0.2, 0.25) is 0 Å². The molecule has 1 aliphatic heterocycles. The van der Waals surface area contributed by atoms with Crippen molar-refractivity contribution in [3.8, 4) is 11.6 Å². The van der Waals surface area contributed by atoms with Crippen LogP contribution < -0.4 is 10.1 Å². The number of ether oxygens (including phenoxy) is 2. The Morgan fingerprint density at radius 3 is 2.69 bits per heavy atom. The number of rotatable bonds is 3. The largest absolute Gasteiger partial charge is 0.439 e. The second kappa shape index (κ2) is 7.33. The zero-order valence-corrected chi connectivity index (χ0v) is 15.7. The maximum Gasteiger partial charge on any atom is 0.322 e. The summed E-state index contributed by atoms with van der Waals surface area (Å²) in [5, 5.41) is 2.87. The number of carbonyl (C=O) groups excluding carboxylic acids is 1. The maximum atomic E-state index is 12.4. The van der Waals surface area contributed by atoms with E-state index in [0.29, 0.717) is 31.3 Å². The number of aryl methyl sites for hydroxylation is 2. The Morgan fingerprint density at radius 1 is 1.23 bits per heavy atom. The van der Waals surface area contributed by atoms with E-state index < -0.39 is 0 Å². The predicted molar refractivity (Wildman–Crippen MR) is 101 cm³/mol. The van der Waals surface area contributed by atoms with Crippen LogP contribution >= 0.6 is 0 Å². The van der Waals surface area contributed by atoms with Gasteiger partial charge in [-0.05, 0) is 57.0 Å². The van der Waals surface area contributed by atoms with Crippen molar-refractivity contribution in [3.05, 3.63) is 47.7 Å². The molecule has 138 valence electrons. The van der Waals surface area contributed by atoms with E-state index in [0.717, 1.165) is 5.75 Å². The van der Waals surface area contributed by atoms with Gasteiger partial charge in [-0.25, -0.2) is 9.78 Å². The van der Waals surface area contributed by atoms with E-state index in [4.69, 9.17) is 9.47 Å². The first-order valence-electron chi connectivity index (χ1n) is 8.73. The van der Waals surface area contributed by atoms with Crippen LogP contribution in [0.25, 0.3) is 0 Å². The van der Waals surface area contributed by atoms with Gasteiger partial charge in [0.1, 0.15) is 5.75 Å². The van der Waals surface area contributed by atoms with Crippen LogP contribution in [0.3, 0.4) is 0 Å². The molecule has 1 aromatic heterocycles. The number of pyridine rings is 1. The van der Waals surface area contributed by atoms with Crippen LogP contribution in [0.4, 0.5) is 10.5 Å². The second-order valence-electron chi connectivity index (χ2n) is 7.19. The molecule has 1 saturated heterocycles. The summed E-state index contributed by atoms with van der Waals surface area (Å²) < 4.78 is 11.4. The Hall–Kier alpha value is -2.60. The van der Waals surface area contributed by atoms with Gasteiger partial charge in [-0.2, -0.15) is 0 Å². The summed E-state index contributed by atoms with van der Waals surface area (Å²) in [6.07, 6.45) is 1.60. The lowest BCUT2D eigenvalue weighted by Crippen LogP contribution is -2.51. The standard InChI is InChI=1S/C20H25N3O3/c1-14-5-7-17(11-15(14)2)26-18-8-6-16(12-21-18)22-19(24)23-9-10-25-20(3,4)13-23/h5-8,11-12H,9-10,13H2,1-4H3,(H,22,24). The lowest BCUT2D eigenvalue weighted by molar-refractivity contribution is -0.0720. The first-order valence-corrected chi connectivity index (χ1v) is 8.73. The fourth-order valence-corrected chi connectivity index (χ4v) is 2.81. The number of hydrogen-bond acceptors (Lipinski definition) is 4. The lowest BCUT2D eigenvalue weighted by atomic mass is 10.1. The maximum absolute atomic E-state index is 12.4. The summed E-state index contributed by atoms with van der Waals surface area (Å²) in [5.41, 5.74) is 2.69. The SMILES string of the molecule is Cc1ccc(Oc2ccc(NC(=O)N3CCOC(C)(C)C3)cn2)cc1C. The van der Waals surface area contributed by atoms with E-state index in [1.54, 1.807) is 23.2 Å². The number of benzene rings is 1. The number of urea groups is 1. The molecule has 0 saturated carbocycles. The van der Waals surface area contributed by atoms with Crippen molar-refractivity contribution in [3.63, 3.8) is 0 Å². The highest BCUT2D eigenvalue weighted by Gasteiger charge is 2.29. The number of carbonyl (C=O) groups is 1. The van der Waals surface area contributed by atoms with Crippen molar-refractivity contribution >= 4 is 11.7 Å². The summed E-state index contributed by atoms with van der Waals surface area (Å²) in [6.45, 7) is 9.74. The highest BCUT2D eigenvalue weighted by atomic mass is 16.5. The topological polar surface area (TPSA) is 63.7 Å². The number of amides is 2. The van der Waals surface area contributed by atoms with Gasteiger partial charge in [0.05, 0.1) is 30.6 Å². The van der Waals surface area contributed by atoms with Gasteiger partial charge in [0.2, 0.25) is 5.88 Å². The number of hydrogen-bond donors (Lipinski definition) is 1. The zero-order valence-electron chi connectivity index (χ0n) is 15.7. The number of nitrogens with zero attached hydrogens (tertiary/aromatic N) is 2. The van der Waals surface area contributed by atoms with Gasteiger partial charge in [-0.15, -0.1) is 0 Å². The molecule has 1 aromatic carbocycles. The summed E-state index contributed by atoms with van der Waals surface area (Å²) in [6, 6.07) is 9.29. The Labute approximate surface area is 154 Å². The molecule has 3 rings (SSSR count). The third-order valence-electron chi connectivity index (χ3n) is 4.40. The third kappa shape index (κ3) is 4.52. The fraction of sp³-hybridized carbons (Fsp3) is 0.400. The highest BCUT2D eigenvalue weighted by molar-refractivity contribution is 5.89. The summed E-state index contributed by atoms with van der Waals surface area (Å²) in [5.74, 6) is 1.23. The monoisotopic (exact) mass is 355 g/mol. The summed E-state index contributed by atoms with van der Waals surface area (Å²) >= 11 is 0. The molecule has 2 amide bonds. The minimum Gasteiger partial charge on any atom is -0.439 e. The number of morpholine rings is 1. The molecule has 0 radical (unpaired) electrons. The van der Waals surface area contributed by atoms with E-state index in [9.17, 15) is 4.79 Å². The van der Waals surface area contributed by atoms with Gasteiger partial charge in [0, 0.05) is 12.6 Å². The molecular formula is C20H25N3O3. The molecule has 0 atom stereocenters. The fourth-order valence-electron chi connectivity index (χ4n) is 2.81. The van der Waals surface area contributed by atoms with Crippen LogP contribution in [-0.4, -0.2) is 41.2 Å². The second-order valence-corrected chi connectivity index (χ2v) is 7.19. The molecule has 0 spiro atoms. The van der Waals surface area contributed by atoms with E-state index in [-0.39, 0.29) is 11.6 Å². The lowest BCUT2D eigenvalue weighted by Gasteiger charge is -2.38. The van der Waals surface area contributed by atoms with Gasteiger partial charge in [0.15, 0.2) is 0 Å². The summed E-state index contributed by atoms with van der Waals surface area (Å²) in [4.78, 5) is 18.4. The molecule has 1 fully saturated rings. The van der Waals surface area contributed by atoms with Crippen molar-refractivity contribution in [1.29, 1.82) is 0 Å². The average Bonchev–Trinajstić information content (AvgIpc) is 2.59. The number of aromatic nitrogens is 1. The first-order chi connectivity index (χ1) is 12.3. The molecule has 0 aliphatic carbocycles. The molecule has 0 unspecified atom stereocenters. The molecule has 1 aliphatic rings. The van der Waals surface area contributed by atoms with Gasteiger partial charge < -0.3 is 19.7 Å². The van der Waals surface area contributed by atoms with Gasteiger partial charge >= 0.3 is 6.03 Å². The third-order valence-corrected chi connectivity index (χ3v) is 4.40. The normalized spacial score (nSPS) is 16.2. The molecule has 2 heterocycles. The number of anilines is 1. The Kier molecular flexibility index (Phi) is 5.13. The van der Waals surface area contributed by atoms with Crippen molar-refractivity contribution in [2.24, 2.45) is 0 Å². The molecule has 0 bridgehead atoms. The van der Waals surface area contributed by atoms with Gasteiger partial charge in [0.25, 0.3) is 0 Å². The smallest absolute Gasteiger partial charge is 0.322 e. The zero-order chi connectivity index (χ0) is 18.7. The van der Waals surface area contributed by atoms with Crippen LogP contribution in [0, 0.1) is 13.8 Å². The minimum absolute atomic E-state index is 0.147. The Morgan fingerprint density at radius 2 is 2.04 bits per heavy atom.